The number of carbonyl (C=O) groups is 3. The lowest BCUT2D eigenvalue weighted by atomic mass is 9.43. The number of nitrogens with one attached hydrogen (secondary N) is 1. The highest BCUT2D eigenvalue weighted by atomic mass is 16.6. The first kappa shape index (κ1) is 27.9. The lowest BCUT2D eigenvalue weighted by Crippen LogP contribution is -2.63. The van der Waals surface area contributed by atoms with Gasteiger partial charge in [-0.3, -0.25) is 4.79 Å². The summed E-state index contributed by atoms with van der Waals surface area (Å²) in [5.41, 5.74) is 4.18. The third kappa shape index (κ3) is 4.78. The average molecular weight is 517 g/mol. The molecule has 0 aromatic rings. The van der Waals surface area contributed by atoms with Gasteiger partial charge in [-0.2, -0.15) is 0 Å². The normalized spacial score (nSPS) is 45.5. The first-order valence-electron chi connectivity index (χ1n) is 14.0. The van der Waals surface area contributed by atoms with E-state index in [2.05, 4.69) is 32.0 Å². The van der Waals surface area contributed by atoms with E-state index in [1.165, 1.54) is 0 Å². The van der Waals surface area contributed by atoms with Crippen LogP contribution in [0.1, 0.15) is 91.9 Å². The fourth-order valence-corrected chi connectivity index (χ4v) is 8.39. The lowest BCUT2D eigenvalue weighted by molar-refractivity contribution is -0.197. The summed E-state index contributed by atoms with van der Waals surface area (Å²) in [5.74, 6) is 2.54. The van der Waals surface area contributed by atoms with E-state index in [4.69, 9.17) is 21.6 Å². The van der Waals surface area contributed by atoms with Crippen LogP contribution in [0, 0.1) is 46.3 Å². The molecule has 0 radical (unpaired) electrons. The van der Waals surface area contributed by atoms with Gasteiger partial charge in [0.05, 0.1) is 6.10 Å². The molecule has 0 aliphatic heterocycles. The van der Waals surface area contributed by atoms with E-state index < -0.39 is 35.2 Å². The SMILES string of the molecule is C#CC[C@]1(C)C[C@@H](OC(=O)NC(=O)OC2CCC(N)CC2)[C@]2(C)C(C)CC[C@]3(CCC(=O)[C@H]32)[C@@H](C)[C@@H]1O. The molecule has 4 rings (SSSR count). The molecule has 4 N–H and O–H groups in total. The maximum atomic E-state index is 13.5. The molecule has 2 bridgehead atoms. The molecular weight excluding hydrogens is 472 g/mol. The fourth-order valence-electron chi connectivity index (χ4n) is 8.39. The molecule has 0 spiro atoms. The third-order valence-electron chi connectivity index (χ3n) is 10.9. The Morgan fingerprint density at radius 1 is 1.11 bits per heavy atom. The quantitative estimate of drug-likeness (QED) is 0.477. The fraction of sp³-hybridized carbons (Fsp3) is 0.828. The van der Waals surface area contributed by atoms with Crippen LogP contribution in [0.4, 0.5) is 9.59 Å². The summed E-state index contributed by atoms with van der Waals surface area (Å²) in [6.45, 7) is 8.18. The van der Waals surface area contributed by atoms with E-state index in [9.17, 15) is 19.5 Å². The van der Waals surface area contributed by atoms with Gasteiger partial charge < -0.3 is 20.3 Å². The Morgan fingerprint density at radius 3 is 2.41 bits per heavy atom. The summed E-state index contributed by atoms with van der Waals surface area (Å²) in [5, 5.41) is 13.9. The predicted molar refractivity (Wildman–Crippen MR) is 138 cm³/mol. The van der Waals surface area contributed by atoms with E-state index in [1.54, 1.807) is 0 Å². The molecule has 0 aromatic heterocycles. The van der Waals surface area contributed by atoms with Crippen molar-refractivity contribution in [1.29, 1.82) is 0 Å². The molecule has 4 aliphatic carbocycles. The van der Waals surface area contributed by atoms with Crippen LogP contribution in [0.15, 0.2) is 0 Å². The van der Waals surface area contributed by atoms with Crippen molar-refractivity contribution in [2.45, 2.75) is 116 Å². The average Bonchev–Trinajstić information content (AvgIpc) is 3.19. The number of amides is 2. The van der Waals surface area contributed by atoms with Gasteiger partial charge in [0, 0.05) is 35.6 Å². The Hall–Kier alpha value is -2.11. The van der Waals surface area contributed by atoms with Gasteiger partial charge in [-0.1, -0.05) is 27.7 Å². The molecule has 0 aromatic carbocycles. The van der Waals surface area contributed by atoms with Crippen LogP contribution in [0.25, 0.3) is 0 Å². The van der Waals surface area contributed by atoms with Gasteiger partial charge in [0.15, 0.2) is 0 Å². The molecule has 1 unspecified atom stereocenters. The summed E-state index contributed by atoms with van der Waals surface area (Å²) >= 11 is 0. The Labute approximate surface area is 220 Å². The molecule has 37 heavy (non-hydrogen) atoms. The van der Waals surface area contributed by atoms with Gasteiger partial charge in [0.1, 0.15) is 18.0 Å². The predicted octanol–water partition coefficient (Wildman–Crippen LogP) is 4.32. The third-order valence-corrected chi connectivity index (χ3v) is 10.9. The number of aliphatic hydroxyl groups is 1. The van der Waals surface area contributed by atoms with Crippen LogP contribution < -0.4 is 11.1 Å². The van der Waals surface area contributed by atoms with Crippen molar-refractivity contribution in [2.24, 2.45) is 39.7 Å². The minimum atomic E-state index is -0.899. The van der Waals surface area contributed by atoms with Gasteiger partial charge in [-0.15, -0.1) is 12.3 Å². The van der Waals surface area contributed by atoms with E-state index in [-0.39, 0.29) is 41.1 Å². The zero-order valence-electron chi connectivity index (χ0n) is 22.8. The highest BCUT2D eigenvalue weighted by Gasteiger charge is 2.68. The monoisotopic (exact) mass is 516 g/mol. The van der Waals surface area contributed by atoms with Gasteiger partial charge in [-0.05, 0) is 68.6 Å². The van der Waals surface area contributed by atoms with Gasteiger partial charge >= 0.3 is 12.2 Å². The molecule has 8 nitrogen and oxygen atoms in total. The Kier molecular flexibility index (Phi) is 7.71. The van der Waals surface area contributed by atoms with Crippen LogP contribution in [-0.4, -0.2) is 47.4 Å². The number of rotatable bonds is 3. The summed E-state index contributed by atoms with van der Waals surface area (Å²) in [6, 6.07) is 0.117. The van der Waals surface area contributed by atoms with Gasteiger partial charge in [0.25, 0.3) is 0 Å². The molecule has 0 saturated heterocycles. The van der Waals surface area contributed by atoms with Crippen LogP contribution >= 0.6 is 0 Å². The first-order valence-corrected chi connectivity index (χ1v) is 14.0. The first-order chi connectivity index (χ1) is 17.4. The Morgan fingerprint density at radius 2 is 1.76 bits per heavy atom. The number of ether oxygens (including phenoxy) is 2. The van der Waals surface area contributed by atoms with Crippen molar-refractivity contribution in [2.75, 3.05) is 0 Å². The highest BCUT2D eigenvalue weighted by molar-refractivity contribution is 5.88. The van der Waals surface area contributed by atoms with Crippen molar-refractivity contribution in [3.8, 4) is 12.3 Å². The van der Waals surface area contributed by atoms with Crippen LogP contribution in [0.3, 0.4) is 0 Å². The second-order valence-corrected chi connectivity index (χ2v) is 12.9. The van der Waals surface area contributed by atoms with Crippen molar-refractivity contribution in [3.05, 3.63) is 0 Å². The Balaban J connectivity index is 1.61. The lowest BCUT2D eigenvalue weighted by Gasteiger charge is -2.62. The molecule has 4 aliphatic rings. The summed E-state index contributed by atoms with van der Waals surface area (Å²) in [7, 11) is 0. The Bertz CT molecular complexity index is 955. The van der Waals surface area contributed by atoms with E-state index in [1.807, 2.05) is 6.92 Å². The standard InChI is InChI=1S/C29H44N2O6/c1-6-13-27(4)16-22(37-26(35)31-25(34)36-20-9-7-19(30)8-10-20)28(5)17(2)11-14-29(18(3)24(27)33)15-12-21(32)23(28)29/h1,17-20,22-24,33H,7-16,30H2,2-5H3,(H,31,34,35)/t17?,18-,19?,20?,22+,23-,24-,27+,28-,29-/m0/s1. The van der Waals surface area contributed by atoms with Crippen molar-refractivity contribution < 1.29 is 29.0 Å². The van der Waals surface area contributed by atoms with Crippen LogP contribution in [0.2, 0.25) is 0 Å². The number of nitrogens with two attached hydrogens (primary N) is 1. The molecule has 8 heteroatoms. The minimum Gasteiger partial charge on any atom is -0.446 e. The largest absolute Gasteiger partial charge is 0.446 e. The molecule has 4 fully saturated rings. The number of imide groups is 1. The van der Waals surface area contributed by atoms with Crippen molar-refractivity contribution >= 4 is 18.0 Å². The zero-order valence-corrected chi connectivity index (χ0v) is 22.8. The van der Waals surface area contributed by atoms with Crippen molar-refractivity contribution in [3.63, 3.8) is 0 Å². The molecule has 2 amide bonds. The number of alkyl carbamates (subject to hydrolysis) is 2. The molecule has 8 atom stereocenters. The van der Waals surface area contributed by atoms with E-state index in [0.29, 0.717) is 32.1 Å². The van der Waals surface area contributed by atoms with Gasteiger partial charge in [-0.25, -0.2) is 14.9 Å². The number of hydrogen-bond acceptors (Lipinski definition) is 7. The van der Waals surface area contributed by atoms with Crippen LogP contribution in [0.5, 0.6) is 0 Å². The number of carbonyl (C=O) groups excluding carboxylic acids is 3. The molecular formula is C29H44N2O6. The summed E-state index contributed by atoms with van der Waals surface area (Å²) < 4.78 is 11.5. The number of terminal acetylenes is 1. The zero-order chi connectivity index (χ0) is 27.2. The van der Waals surface area contributed by atoms with E-state index in [0.717, 1.165) is 32.1 Å². The van der Waals surface area contributed by atoms with E-state index >= 15 is 0 Å². The topological polar surface area (TPSA) is 128 Å². The second kappa shape index (κ2) is 10.2. The maximum Gasteiger partial charge on any atom is 0.416 e. The number of aliphatic hydroxyl groups excluding tert-OH is 1. The number of ketones is 1. The number of Topliss-reactive ketones (excluding diaryl/α,β-unsaturated/α-hetero) is 1. The summed E-state index contributed by atoms with van der Waals surface area (Å²) in [4.78, 5) is 39.0. The smallest absolute Gasteiger partial charge is 0.416 e. The van der Waals surface area contributed by atoms with Crippen molar-refractivity contribution in [1.82, 2.24) is 5.32 Å². The minimum absolute atomic E-state index is 0.0985. The maximum absolute atomic E-state index is 13.5. The highest BCUT2D eigenvalue weighted by Crippen LogP contribution is 2.68. The molecule has 4 saturated carbocycles. The second-order valence-electron chi connectivity index (χ2n) is 12.9. The van der Waals surface area contributed by atoms with Gasteiger partial charge in [0.2, 0.25) is 0 Å². The summed E-state index contributed by atoms with van der Waals surface area (Å²) in [6.07, 6.45) is 8.63. The number of hydrogen-bond donors (Lipinski definition) is 3. The molecule has 0 heterocycles. The molecule has 206 valence electrons. The van der Waals surface area contributed by atoms with Crippen LogP contribution in [-0.2, 0) is 14.3 Å².